The maximum Gasteiger partial charge on any atom is 0.148 e. The van der Waals surface area contributed by atoms with Crippen LogP contribution in [0.4, 0.5) is 4.39 Å². The zero-order chi connectivity index (χ0) is 21.6. The van der Waals surface area contributed by atoms with Gasteiger partial charge in [0.25, 0.3) is 0 Å². The predicted molar refractivity (Wildman–Crippen MR) is 115 cm³/mol. The Labute approximate surface area is 180 Å². The highest BCUT2D eigenvalue weighted by Crippen LogP contribution is 2.48. The largest absolute Gasteiger partial charge is 0.374 e. The summed E-state index contributed by atoms with van der Waals surface area (Å²) in [7, 11) is 0. The second kappa shape index (κ2) is 7.23. The summed E-state index contributed by atoms with van der Waals surface area (Å²) >= 11 is 0. The molecule has 2 aliphatic rings. The van der Waals surface area contributed by atoms with Crippen LogP contribution in [0.25, 0.3) is 5.69 Å². The Bertz CT molecular complexity index is 1320. The molecule has 2 aromatic carbocycles. The third kappa shape index (κ3) is 3.15. The van der Waals surface area contributed by atoms with Crippen molar-refractivity contribution in [3.63, 3.8) is 0 Å². The van der Waals surface area contributed by atoms with Crippen LogP contribution >= 0.6 is 0 Å². The normalized spacial score (nSPS) is 21.7. The van der Waals surface area contributed by atoms with Gasteiger partial charge in [-0.2, -0.15) is 10.4 Å². The van der Waals surface area contributed by atoms with Crippen LogP contribution in [0.1, 0.15) is 48.1 Å². The molecular formula is C26H20FN3O. The van der Waals surface area contributed by atoms with E-state index in [-0.39, 0.29) is 11.7 Å². The Morgan fingerprint density at radius 1 is 1.16 bits per heavy atom. The van der Waals surface area contributed by atoms with Crippen LogP contribution in [0.15, 0.2) is 65.9 Å². The van der Waals surface area contributed by atoms with Crippen molar-refractivity contribution in [1.82, 2.24) is 9.78 Å². The lowest BCUT2D eigenvalue weighted by Gasteiger charge is -2.29. The summed E-state index contributed by atoms with van der Waals surface area (Å²) in [6, 6.07) is 15.6. The van der Waals surface area contributed by atoms with Gasteiger partial charge in [-0.3, -0.25) is 0 Å². The van der Waals surface area contributed by atoms with Crippen molar-refractivity contribution in [1.29, 1.82) is 5.26 Å². The van der Waals surface area contributed by atoms with Gasteiger partial charge < -0.3 is 5.11 Å². The van der Waals surface area contributed by atoms with Crippen molar-refractivity contribution in [2.75, 3.05) is 0 Å². The van der Waals surface area contributed by atoms with Gasteiger partial charge in [0.05, 0.1) is 23.1 Å². The number of benzene rings is 2. The highest BCUT2D eigenvalue weighted by atomic mass is 19.1. The number of fused-ring (bicyclic) bond motifs is 1. The number of hydrogen-bond acceptors (Lipinski definition) is 3. The highest BCUT2D eigenvalue weighted by Gasteiger charge is 2.44. The van der Waals surface area contributed by atoms with E-state index in [0.717, 1.165) is 28.9 Å². The molecular weight excluding hydrogens is 389 g/mol. The summed E-state index contributed by atoms with van der Waals surface area (Å²) in [4.78, 5) is 0. The highest BCUT2D eigenvalue weighted by molar-refractivity contribution is 5.55. The summed E-state index contributed by atoms with van der Waals surface area (Å²) in [6.07, 6.45) is 3.83. The molecule has 1 N–H and O–H groups in total. The zero-order valence-corrected chi connectivity index (χ0v) is 17.1. The molecule has 1 heterocycles. The molecule has 2 aliphatic carbocycles. The fourth-order valence-corrected chi connectivity index (χ4v) is 4.82. The van der Waals surface area contributed by atoms with Gasteiger partial charge >= 0.3 is 0 Å². The second-order valence-electron chi connectivity index (χ2n) is 8.12. The quantitative estimate of drug-likeness (QED) is 0.478. The maximum atomic E-state index is 13.3. The second-order valence-corrected chi connectivity index (χ2v) is 8.12. The standard InChI is InChI=1S/C26H20FN3O/c1-17-23-16-29-30(22-8-6-21(27)7-9-22)24(23)14-19-11-13-26(31,25(17)19)12-10-18-4-2-3-5-20(18)15-28/h2-9,16-17,31H,11,13-14H2,1H3/t17-,26+/m0/s1. The van der Waals surface area contributed by atoms with Crippen LogP contribution < -0.4 is 0 Å². The van der Waals surface area contributed by atoms with E-state index in [1.807, 2.05) is 16.9 Å². The molecule has 2 atom stereocenters. The van der Waals surface area contributed by atoms with Crippen LogP contribution in [0.5, 0.6) is 0 Å². The van der Waals surface area contributed by atoms with Crippen molar-refractivity contribution in [3.8, 4) is 23.6 Å². The van der Waals surface area contributed by atoms with Crippen molar-refractivity contribution < 1.29 is 9.50 Å². The fourth-order valence-electron chi connectivity index (χ4n) is 4.82. The Morgan fingerprint density at radius 3 is 2.65 bits per heavy atom. The minimum absolute atomic E-state index is 0.0269. The number of nitrogens with zero attached hydrogens (tertiary/aromatic N) is 3. The minimum atomic E-state index is -1.22. The van der Waals surface area contributed by atoms with E-state index in [4.69, 9.17) is 0 Å². The number of aromatic nitrogens is 2. The molecule has 0 aliphatic heterocycles. The Morgan fingerprint density at radius 2 is 1.90 bits per heavy atom. The van der Waals surface area contributed by atoms with E-state index in [1.165, 1.54) is 17.7 Å². The monoisotopic (exact) mass is 409 g/mol. The number of rotatable bonds is 1. The van der Waals surface area contributed by atoms with Crippen LogP contribution in [-0.2, 0) is 6.42 Å². The maximum absolute atomic E-state index is 13.3. The first-order valence-corrected chi connectivity index (χ1v) is 10.3. The van der Waals surface area contributed by atoms with Crippen molar-refractivity contribution in [2.24, 2.45) is 0 Å². The van der Waals surface area contributed by atoms with E-state index >= 15 is 0 Å². The average Bonchev–Trinajstić information content (AvgIpc) is 3.35. The molecule has 0 fully saturated rings. The van der Waals surface area contributed by atoms with Crippen molar-refractivity contribution >= 4 is 0 Å². The molecule has 5 rings (SSSR count). The van der Waals surface area contributed by atoms with Crippen LogP contribution in [0.3, 0.4) is 0 Å². The topological polar surface area (TPSA) is 61.8 Å². The molecule has 0 saturated heterocycles. The van der Waals surface area contributed by atoms with Crippen LogP contribution in [0.2, 0.25) is 0 Å². The van der Waals surface area contributed by atoms with Gasteiger partial charge in [-0.05, 0) is 54.8 Å². The Balaban J connectivity index is 1.52. The van der Waals surface area contributed by atoms with Crippen molar-refractivity contribution in [2.45, 2.75) is 37.7 Å². The number of allylic oxidation sites excluding steroid dienone is 1. The predicted octanol–water partition coefficient (Wildman–Crippen LogP) is 4.42. The van der Waals surface area contributed by atoms with Gasteiger partial charge in [0, 0.05) is 23.5 Å². The lowest BCUT2D eigenvalue weighted by Crippen LogP contribution is -2.30. The van der Waals surface area contributed by atoms with E-state index in [0.29, 0.717) is 24.0 Å². The third-order valence-corrected chi connectivity index (χ3v) is 6.32. The molecule has 0 bridgehead atoms. The molecule has 31 heavy (non-hydrogen) atoms. The molecule has 1 aromatic heterocycles. The lowest BCUT2D eigenvalue weighted by molar-refractivity contribution is 0.135. The van der Waals surface area contributed by atoms with Crippen LogP contribution in [-0.4, -0.2) is 20.5 Å². The Kier molecular flexibility index (Phi) is 4.50. The molecule has 4 nitrogen and oxygen atoms in total. The molecule has 0 spiro atoms. The third-order valence-electron chi connectivity index (χ3n) is 6.32. The number of nitriles is 1. The SMILES string of the molecule is C[C@@H]1C2=C(CC[C@]2(O)C#Cc2ccccc2C#N)Cc2c1cnn2-c1ccc(F)cc1. The first-order valence-electron chi connectivity index (χ1n) is 10.3. The average molecular weight is 409 g/mol. The number of halogens is 1. The van der Waals surface area contributed by atoms with Crippen LogP contribution in [0, 0.1) is 29.0 Å². The van der Waals surface area contributed by atoms with E-state index in [1.54, 1.807) is 30.3 Å². The first-order chi connectivity index (χ1) is 15.0. The molecule has 0 saturated carbocycles. The van der Waals surface area contributed by atoms with Gasteiger partial charge in [-0.1, -0.05) is 36.5 Å². The van der Waals surface area contributed by atoms with E-state index < -0.39 is 5.60 Å². The van der Waals surface area contributed by atoms with Gasteiger partial charge in [0.2, 0.25) is 0 Å². The first kappa shape index (κ1) is 19.3. The van der Waals surface area contributed by atoms with Gasteiger partial charge in [-0.15, -0.1) is 0 Å². The molecule has 3 aromatic rings. The van der Waals surface area contributed by atoms with Crippen molar-refractivity contribution in [3.05, 3.63) is 94.1 Å². The number of hydrogen-bond donors (Lipinski definition) is 1. The van der Waals surface area contributed by atoms with E-state index in [2.05, 4.69) is 29.9 Å². The molecule has 0 unspecified atom stereocenters. The van der Waals surface area contributed by atoms with Gasteiger partial charge in [0.1, 0.15) is 17.5 Å². The summed E-state index contributed by atoms with van der Waals surface area (Å²) in [6.45, 7) is 2.07. The lowest BCUT2D eigenvalue weighted by atomic mass is 9.78. The zero-order valence-electron chi connectivity index (χ0n) is 17.1. The van der Waals surface area contributed by atoms with E-state index in [9.17, 15) is 14.8 Å². The van der Waals surface area contributed by atoms with Gasteiger partial charge in [0.15, 0.2) is 0 Å². The Hall–Kier alpha value is -3.67. The summed E-state index contributed by atoms with van der Waals surface area (Å²) in [5.74, 6) is 5.83. The molecule has 152 valence electrons. The minimum Gasteiger partial charge on any atom is -0.374 e. The smallest absolute Gasteiger partial charge is 0.148 e. The summed E-state index contributed by atoms with van der Waals surface area (Å²) in [5, 5.41) is 25.3. The fraction of sp³-hybridized carbons (Fsp3) is 0.231. The molecule has 0 amide bonds. The van der Waals surface area contributed by atoms with Gasteiger partial charge in [-0.25, -0.2) is 9.07 Å². The summed E-state index contributed by atoms with van der Waals surface area (Å²) < 4.78 is 15.2. The molecule has 0 radical (unpaired) electrons. The number of aliphatic hydroxyl groups is 1. The molecule has 5 heteroatoms. The summed E-state index contributed by atoms with van der Waals surface area (Å²) in [5.41, 5.74) is 5.01.